The summed E-state index contributed by atoms with van der Waals surface area (Å²) in [5.41, 5.74) is 1.27. The molecule has 1 nitrogen and oxygen atoms in total. The minimum absolute atomic E-state index is 0.897. The summed E-state index contributed by atoms with van der Waals surface area (Å²) < 4.78 is 5.82. The van der Waals surface area contributed by atoms with Gasteiger partial charge in [-0.25, -0.2) is 0 Å². The van der Waals surface area contributed by atoms with Crippen molar-refractivity contribution in [2.75, 3.05) is 6.61 Å². The van der Waals surface area contributed by atoms with Gasteiger partial charge in [0, 0.05) is 11.6 Å². The van der Waals surface area contributed by atoms with Crippen LogP contribution in [0.3, 0.4) is 0 Å². The molecule has 0 radical (unpaired) electrons. The molecule has 1 aromatic carbocycles. The molecule has 0 saturated carbocycles. The summed E-state index contributed by atoms with van der Waals surface area (Å²) in [4.78, 5) is 0. The van der Waals surface area contributed by atoms with Crippen LogP contribution in [0, 0.1) is 0 Å². The Morgan fingerprint density at radius 2 is 2.14 bits per heavy atom. The van der Waals surface area contributed by atoms with Crippen LogP contribution in [0.1, 0.15) is 18.4 Å². The highest BCUT2D eigenvalue weighted by Gasteiger charge is 2.17. The van der Waals surface area contributed by atoms with E-state index in [1.54, 1.807) is 0 Å². The number of rotatable bonds is 2. The Hall–Kier alpha value is -0.313. The van der Waals surface area contributed by atoms with Gasteiger partial charge < -0.3 is 4.43 Å². The van der Waals surface area contributed by atoms with Crippen molar-refractivity contribution < 1.29 is 4.43 Å². The van der Waals surface area contributed by atoms with E-state index in [4.69, 9.17) is 16.0 Å². The topological polar surface area (TPSA) is 9.23 Å². The van der Waals surface area contributed by atoms with Gasteiger partial charge in [-0.3, -0.25) is 0 Å². The van der Waals surface area contributed by atoms with Gasteiger partial charge >= 0.3 is 0 Å². The lowest BCUT2D eigenvalue weighted by Gasteiger charge is -2.21. The molecule has 1 aromatic rings. The maximum Gasteiger partial charge on any atom is 0.181 e. The summed E-state index contributed by atoms with van der Waals surface area (Å²) >= 11 is 6.11. The third kappa shape index (κ3) is 2.59. The summed E-state index contributed by atoms with van der Waals surface area (Å²) in [6.07, 6.45) is 2.59. The molecule has 14 heavy (non-hydrogen) atoms. The first-order chi connectivity index (χ1) is 6.86. The Labute approximate surface area is 91.8 Å². The van der Waals surface area contributed by atoms with Gasteiger partial charge in [0.15, 0.2) is 9.04 Å². The van der Waals surface area contributed by atoms with E-state index in [1.807, 2.05) is 12.1 Å². The fraction of sp³-hybridized carbons (Fsp3) is 0.455. The standard InChI is InChI=1S/C11H15ClOSi/c12-11-6-2-1-5-10(11)9-14-8-4-3-7-13-14/h1-2,5-6,14H,3-4,7-9H2. The Kier molecular flexibility index (Phi) is 3.62. The molecule has 0 aliphatic carbocycles. The molecular weight excluding hydrogens is 212 g/mol. The van der Waals surface area contributed by atoms with E-state index in [-0.39, 0.29) is 0 Å². The van der Waals surface area contributed by atoms with Crippen LogP contribution in [0.15, 0.2) is 24.3 Å². The average molecular weight is 227 g/mol. The highest BCUT2D eigenvalue weighted by atomic mass is 35.5. The summed E-state index contributed by atoms with van der Waals surface area (Å²) in [7, 11) is -0.965. The van der Waals surface area contributed by atoms with E-state index in [9.17, 15) is 0 Å². The molecule has 1 aliphatic rings. The predicted molar refractivity (Wildman–Crippen MR) is 62.3 cm³/mol. The maximum absolute atomic E-state index is 6.11. The Bertz CT molecular complexity index is 297. The first-order valence-corrected chi connectivity index (χ1v) is 7.69. The molecule has 1 heterocycles. The van der Waals surface area contributed by atoms with Crippen molar-refractivity contribution in [3.8, 4) is 0 Å². The highest BCUT2D eigenvalue weighted by molar-refractivity contribution is 6.51. The van der Waals surface area contributed by atoms with Gasteiger partial charge in [0.2, 0.25) is 0 Å². The fourth-order valence-corrected chi connectivity index (χ4v) is 4.80. The van der Waals surface area contributed by atoms with Gasteiger partial charge in [-0.15, -0.1) is 0 Å². The zero-order chi connectivity index (χ0) is 9.80. The van der Waals surface area contributed by atoms with E-state index in [0.717, 1.165) is 17.7 Å². The molecule has 2 rings (SSSR count). The highest BCUT2D eigenvalue weighted by Crippen LogP contribution is 2.20. The summed E-state index contributed by atoms with van der Waals surface area (Å²) in [6.45, 7) is 0.974. The maximum atomic E-state index is 6.11. The van der Waals surface area contributed by atoms with Crippen molar-refractivity contribution >= 4 is 20.6 Å². The van der Waals surface area contributed by atoms with Gasteiger partial charge in [0.1, 0.15) is 0 Å². The van der Waals surface area contributed by atoms with Crippen LogP contribution >= 0.6 is 11.6 Å². The third-order valence-electron chi connectivity index (χ3n) is 2.68. The second-order valence-corrected chi connectivity index (χ2v) is 6.75. The summed E-state index contributed by atoms with van der Waals surface area (Å²) in [5.74, 6) is 0. The zero-order valence-electron chi connectivity index (χ0n) is 8.21. The SMILES string of the molecule is Clc1ccccc1C[SiH]1CCCCO1. The lowest BCUT2D eigenvalue weighted by Crippen LogP contribution is -2.26. The number of hydrogen-bond donors (Lipinski definition) is 0. The normalized spacial score (nSPS) is 22.2. The molecule has 76 valence electrons. The third-order valence-corrected chi connectivity index (χ3v) is 5.70. The first kappa shape index (κ1) is 10.2. The summed E-state index contributed by atoms with van der Waals surface area (Å²) in [5, 5.41) is 0.897. The zero-order valence-corrected chi connectivity index (χ0v) is 10.1. The van der Waals surface area contributed by atoms with E-state index < -0.39 is 9.04 Å². The van der Waals surface area contributed by atoms with E-state index >= 15 is 0 Å². The molecule has 3 heteroatoms. The molecule has 0 amide bonds. The van der Waals surface area contributed by atoms with Crippen LogP contribution in [-0.2, 0) is 10.5 Å². The Morgan fingerprint density at radius 1 is 1.29 bits per heavy atom. The quantitative estimate of drug-likeness (QED) is 0.705. The Balaban J connectivity index is 1.99. The molecule has 0 spiro atoms. The molecule has 0 aromatic heterocycles. The van der Waals surface area contributed by atoms with Gasteiger partial charge in [-0.1, -0.05) is 36.2 Å². The second-order valence-electron chi connectivity index (χ2n) is 3.78. The fourth-order valence-electron chi connectivity index (χ4n) is 1.88. The molecule has 1 saturated heterocycles. The van der Waals surface area contributed by atoms with Crippen LogP contribution < -0.4 is 0 Å². The predicted octanol–water partition coefficient (Wildman–Crippen LogP) is 2.96. The smallest absolute Gasteiger partial charge is 0.181 e. The number of benzene rings is 1. The molecule has 1 fully saturated rings. The van der Waals surface area contributed by atoms with Crippen LogP contribution in [0.25, 0.3) is 0 Å². The van der Waals surface area contributed by atoms with Gasteiger partial charge in [0.25, 0.3) is 0 Å². The average Bonchev–Trinajstić information content (AvgIpc) is 2.23. The lowest BCUT2D eigenvalue weighted by atomic mass is 10.2. The van der Waals surface area contributed by atoms with Gasteiger partial charge in [0.05, 0.1) is 0 Å². The molecule has 0 bridgehead atoms. The number of halogens is 1. The monoisotopic (exact) mass is 226 g/mol. The summed E-state index contributed by atoms with van der Waals surface area (Å²) in [6, 6.07) is 10.5. The van der Waals surface area contributed by atoms with Crippen molar-refractivity contribution in [2.45, 2.75) is 24.9 Å². The van der Waals surface area contributed by atoms with Crippen molar-refractivity contribution in [3.05, 3.63) is 34.9 Å². The molecule has 1 unspecified atom stereocenters. The van der Waals surface area contributed by atoms with Crippen LogP contribution in [0.4, 0.5) is 0 Å². The second kappa shape index (κ2) is 4.96. The minimum Gasteiger partial charge on any atom is -0.420 e. The van der Waals surface area contributed by atoms with Crippen LogP contribution in [-0.4, -0.2) is 15.6 Å². The van der Waals surface area contributed by atoms with Crippen molar-refractivity contribution in [1.82, 2.24) is 0 Å². The molecule has 0 N–H and O–H groups in total. The minimum atomic E-state index is -0.965. The van der Waals surface area contributed by atoms with Gasteiger partial charge in [-0.2, -0.15) is 0 Å². The van der Waals surface area contributed by atoms with E-state index in [2.05, 4.69) is 12.1 Å². The van der Waals surface area contributed by atoms with Gasteiger partial charge in [-0.05, 0) is 30.1 Å². The van der Waals surface area contributed by atoms with E-state index in [0.29, 0.717) is 0 Å². The van der Waals surface area contributed by atoms with Crippen molar-refractivity contribution in [3.63, 3.8) is 0 Å². The first-order valence-electron chi connectivity index (χ1n) is 5.21. The molecule has 1 aliphatic heterocycles. The number of hydrogen-bond acceptors (Lipinski definition) is 1. The van der Waals surface area contributed by atoms with Crippen molar-refractivity contribution in [1.29, 1.82) is 0 Å². The largest absolute Gasteiger partial charge is 0.420 e. The lowest BCUT2D eigenvalue weighted by molar-refractivity contribution is 0.286. The van der Waals surface area contributed by atoms with E-state index in [1.165, 1.54) is 24.4 Å². The molecular formula is C11H15ClOSi. The van der Waals surface area contributed by atoms with Crippen LogP contribution in [0.5, 0.6) is 0 Å². The van der Waals surface area contributed by atoms with Crippen molar-refractivity contribution in [2.24, 2.45) is 0 Å². The van der Waals surface area contributed by atoms with Crippen LogP contribution in [0.2, 0.25) is 11.1 Å². The molecule has 1 atom stereocenters. The Morgan fingerprint density at radius 3 is 2.86 bits per heavy atom.